The lowest BCUT2D eigenvalue weighted by atomic mass is 9.92. The van der Waals surface area contributed by atoms with E-state index in [1.54, 1.807) is 0 Å². The number of aromatic nitrogens is 7. The second-order valence-corrected chi connectivity index (χ2v) is 18.2. The lowest BCUT2D eigenvalue weighted by Gasteiger charge is -2.16. The minimum Gasteiger partial charge on any atom is -0.256 e. The second-order valence-electron chi connectivity index (χ2n) is 18.2. The van der Waals surface area contributed by atoms with E-state index in [-0.39, 0.29) is 0 Å². The molecule has 0 fully saturated rings. The first-order valence-corrected chi connectivity index (χ1v) is 24.4. The highest BCUT2D eigenvalue weighted by atomic mass is 15.0. The first-order valence-electron chi connectivity index (χ1n) is 24.4. The molecule has 0 radical (unpaired) electrons. The van der Waals surface area contributed by atoms with Crippen LogP contribution in [0, 0.1) is 6.92 Å². The predicted molar refractivity (Wildman–Crippen MR) is 297 cm³/mol. The van der Waals surface area contributed by atoms with Crippen LogP contribution in [-0.2, 0) is 0 Å². The Morgan fingerprint density at radius 3 is 1.30 bits per heavy atom. The van der Waals surface area contributed by atoms with E-state index in [0.717, 1.165) is 111 Å². The molecule has 4 aromatic heterocycles. The van der Waals surface area contributed by atoms with Crippen molar-refractivity contribution in [2.75, 3.05) is 0 Å². The van der Waals surface area contributed by atoms with E-state index < -0.39 is 0 Å². The Labute approximate surface area is 422 Å². The Bertz CT molecular complexity index is 4160. The van der Waals surface area contributed by atoms with E-state index in [4.69, 9.17) is 34.9 Å². The van der Waals surface area contributed by atoms with Gasteiger partial charge in [0, 0.05) is 61.7 Å². The first-order chi connectivity index (χ1) is 36.1. The molecule has 0 aliphatic heterocycles. The summed E-state index contributed by atoms with van der Waals surface area (Å²) >= 11 is 0. The average molecular weight is 934 g/mol. The maximum Gasteiger partial charge on any atom is 0.164 e. The Balaban J connectivity index is 0.897. The molecule has 9 aromatic carbocycles. The van der Waals surface area contributed by atoms with Crippen LogP contribution >= 0.6 is 0 Å². The molecule has 73 heavy (non-hydrogen) atoms. The number of aryl methyl sites for hydroxylation is 1. The maximum atomic E-state index is 5.26. The van der Waals surface area contributed by atoms with E-state index in [1.165, 1.54) is 10.9 Å². The van der Waals surface area contributed by atoms with Gasteiger partial charge in [0.25, 0.3) is 0 Å². The molecule has 0 atom stereocenters. The van der Waals surface area contributed by atoms with Crippen molar-refractivity contribution in [3.63, 3.8) is 0 Å². The topological polar surface area (TPSA) is 90.2 Å². The van der Waals surface area contributed by atoms with Crippen molar-refractivity contribution in [1.82, 2.24) is 34.9 Å². The molecule has 13 aromatic rings. The van der Waals surface area contributed by atoms with Crippen LogP contribution in [0.3, 0.4) is 0 Å². The molecule has 4 heterocycles. The maximum absolute atomic E-state index is 5.26. The summed E-state index contributed by atoms with van der Waals surface area (Å²) in [5, 5.41) is 3.46. The van der Waals surface area contributed by atoms with Crippen molar-refractivity contribution in [2.45, 2.75) is 6.92 Å². The van der Waals surface area contributed by atoms with Gasteiger partial charge in [-0.15, -0.1) is 0 Å². The number of hydrogen-bond donors (Lipinski definition) is 0. The minimum absolute atomic E-state index is 0.551. The number of para-hydroxylation sites is 3. The van der Waals surface area contributed by atoms with Crippen molar-refractivity contribution >= 4 is 32.7 Å². The number of fused-ring (bicyclic) bond motifs is 3. The summed E-state index contributed by atoms with van der Waals surface area (Å²) in [6.07, 6.45) is 1.93. The minimum atomic E-state index is 0.551. The Morgan fingerprint density at radius 2 is 0.712 bits per heavy atom. The van der Waals surface area contributed by atoms with E-state index in [2.05, 4.69) is 189 Å². The zero-order valence-corrected chi connectivity index (χ0v) is 39.7. The third-order valence-corrected chi connectivity index (χ3v) is 13.6. The van der Waals surface area contributed by atoms with Gasteiger partial charge in [0.2, 0.25) is 0 Å². The van der Waals surface area contributed by atoms with E-state index in [9.17, 15) is 0 Å². The molecule has 0 aliphatic rings. The molecule has 7 nitrogen and oxygen atoms in total. The fourth-order valence-corrected chi connectivity index (χ4v) is 9.76. The molecule has 0 amide bonds. The van der Waals surface area contributed by atoms with E-state index in [0.29, 0.717) is 17.5 Å². The summed E-state index contributed by atoms with van der Waals surface area (Å²) in [5.74, 6) is 1.67. The summed E-state index contributed by atoms with van der Waals surface area (Å²) in [4.78, 5) is 36.0. The first kappa shape index (κ1) is 43.2. The molecule has 13 rings (SSSR count). The SMILES string of the molecule is Cc1c(-c2ccccc2)c(-c2ccc(-c3nc(-c4ccc(-c5ccc(-c6ccccc6)cn5)cc4)nc(-c4ccc(-c5nc6ccccc6nc5-c5ccc6ccccc6c5)cc4)n3)cc2)nc2ccccc12. The van der Waals surface area contributed by atoms with Crippen LogP contribution in [0.2, 0.25) is 0 Å². The highest BCUT2D eigenvalue weighted by Crippen LogP contribution is 2.39. The zero-order valence-electron chi connectivity index (χ0n) is 39.7. The van der Waals surface area contributed by atoms with Gasteiger partial charge in [0.15, 0.2) is 17.5 Å². The van der Waals surface area contributed by atoms with Crippen molar-refractivity contribution in [3.05, 3.63) is 248 Å². The number of nitrogens with zero attached hydrogens (tertiary/aromatic N) is 7. The quantitative estimate of drug-likeness (QED) is 0.142. The molecule has 0 unspecified atom stereocenters. The second kappa shape index (κ2) is 18.5. The van der Waals surface area contributed by atoms with Gasteiger partial charge in [-0.25, -0.2) is 29.9 Å². The van der Waals surface area contributed by atoms with Gasteiger partial charge in [-0.1, -0.05) is 206 Å². The fraction of sp³-hybridized carbons (Fsp3) is 0.0152. The average Bonchev–Trinajstić information content (AvgIpc) is 3.47. The number of rotatable bonds is 9. The van der Waals surface area contributed by atoms with Crippen LogP contribution in [0.5, 0.6) is 0 Å². The summed E-state index contributed by atoms with van der Waals surface area (Å²) in [6.45, 7) is 2.19. The van der Waals surface area contributed by atoms with Crippen molar-refractivity contribution < 1.29 is 0 Å². The van der Waals surface area contributed by atoms with Crippen LogP contribution in [0.1, 0.15) is 5.56 Å². The third-order valence-electron chi connectivity index (χ3n) is 13.6. The van der Waals surface area contributed by atoms with Gasteiger partial charge >= 0.3 is 0 Å². The Hall–Kier alpha value is -9.85. The monoisotopic (exact) mass is 933 g/mol. The van der Waals surface area contributed by atoms with Crippen molar-refractivity contribution in [2.24, 2.45) is 0 Å². The molecule has 342 valence electrons. The number of hydrogen-bond acceptors (Lipinski definition) is 7. The van der Waals surface area contributed by atoms with Crippen LogP contribution < -0.4 is 0 Å². The molecular weight excluding hydrogens is 891 g/mol. The molecule has 0 bridgehead atoms. The molecule has 0 spiro atoms. The van der Waals surface area contributed by atoms with Crippen LogP contribution in [0.25, 0.3) is 134 Å². The van der Waals surface area contributed by atoms with Gasteiger partial charge < -0.3 is 0 Å². The molecule has 0 saturated carbocycles. The summed E-state index contributed by atoms with van der Waals surface area (Å²) in [5.41, 5.74) is 18.2. The standard InChI is InChI=1S/C66H43N7/c1-42-55-20-10-11-21-57(55)68-61(60(42)46-17-6-3-7-18-46)47-27-33-50(34-28-47)65-71-64(49-31-25-45(26-32-49)56-39-38-54(41-67-56)43-14-4-2-5-15-43)72-66(73-65)51-35-29-48(30-36-51)62-63(70-59-23-13-12-22-58(59)69-62)53-37-24-44-16-8-9-19-52(44)40-53/h2-41H,1H3. The zero-order chi connectivity index (χ0) is 48.7. The van der Waals surface area contributed by atoms with Crippen molar-refractivity contribution in [1.29, 1.82) is 0 Å². The largest absolute Gasteiger partial charge is 0.256 e. The van der Waals surface area contributed by atoms with Gasteiger partial charge in [0.05, 0.1) is 39.3 Å². The normalized spacial score (nSPS) is 11.4. The van der Waals surface area contributed by atoms with Crippen molar-refractivity contribution in [3.8, 4) is 101 Å². The van der Waals surface area contributed by atoms with Gasteiger partial charge in [-0.3, -0.25) is 4.98 Å². The van der Waals surface area contributed by atoms with Gasteiger partial charge in [-0.2, -0.15) is 0 Å². The van der Waals surface area contributed by atoms with Gasteiger partial charge in [-0.05, 0) is 64.7 Å². The summed E-state index contributed by atoms with van der Waals surface area (Å²) < 4.78 is 0. The fourth-order valence-electron chi connectivity index (χ4n) is 9.76. The van der Waals surface area contributed by atoms with Crippen LogP contribution in [0.15, 0.2) is 243 Å². The van der Waals surface area contributed by atoms with Gasteiger partial charge in [0.1, 0.15) is 0 Å². The van der Waals surface area contributed by atoms with E-state index >= 15 is 0 Å². The smallest absolute Gasteiger partial charge is 0.164 e. The highest BCUT2D eigenvalue weighted by Gasteiger charge is 2.19. The molecule has 0 N–H and O–H groups in total. The lowest BCUT2D eigenvalue weighted by Crippen LogP contribution is -2.01. The molecule has 7 heteroatoms. The highest BCUT2D eigenvalue weighted by molar-refractivity contribution is 5.96. The van der Waals surface area contributed by atoms with E-state index in [1.807, 2.05) is 60.8 Å². The molecular formula is C66H43N7. The Kier molecular flexibility index (Phi) is 10.9. The predicted octanol–water partition coefficient (Wildman–Crippen LogP) is 16.2. The van der Waals surface area contributed by atoms with Crippen LogP contribution in [0.4, 0.5) is 0 Å². The lowest BCUT2D eigenvalue weighted by molar-refractivity contribution is 1.07. The third kappa shape index (κ3) is 8.35. The summed E-state index contributed by atoms with van der Waals surface area (Å²) in [7, 11) is 0. The van der Waals surface area contributed by atoms with Crippen LogP contribution in [-0.4, -0.2) is 34.9 Å². The Morgan fingerprint density at radius 1 is 0.274 bits per heavy atom. The number of benzene rings is 9. The number of pyridine rings is 2. The molecule has 0 saturated heterocycles. The summed E-state index contributed by atoms with van der Waals surface area (Å²) in [6, 6.07) is 81.2. The molecule has 0 aliphatic carbocycles.